The van der Waals surface area contributed by atoms with Crippen molar-refractivity contribution in [3.63, 3.8) is 0 Å². The summed E-state index contributed by atoms with van der Waals surface area (Å²) in [6.07, 6.45) is -1.79. The third kappa shape index (κ3) is 5.36. The van der Waals surface area contributed by atoms with Crippen LogP contribution < -0.4 is 20.2 Å². The van der Waals surface area contributed by atoms with Crippen molar-refractivity contribution in [2.24, 2.45) is 4.99 Å². The molecule has 0 aliphatic heterocycles. The second-order valence-electron chi connectivity index (χ2n) is 7.81. The van der Waals surface area contributed by atoms with Gasteiger partial charge in [0.25, 0.3) is 0 Å². The largest absolute Gasteiger partial charge is 0.493 e. The zero-order valence-corrected chi connectivity index (χ0v) is 19.3. The normalized spacial score (nSPS) is 12.8. The molecule has 0 fully saturated rings. The molecule has 178 valence electrons. The molecular weight excluding hydrogens is 445 g/mol. The molecule has 1 aromatic heterocycles. The summed E-state index contributed by atoms with van der Waals surface area (Å²) in [6.45, 7) is 9.11. The molecular formula is C25H25F3N4O2. The molecule has 1 heterocycles. The van der Waals surface area contributed by atoms with E-state index >= 15 is 0 Å². The Balaban J connectivity index is 2.02. The molecule has 0 saturated heterocycles. The minimum absolute atomic E-state index is 0.0401. The zero-order valence-electron chi connectivity index (χ0n) is 19.3. The van der Waals surface area contributed by atoms with Crippen molar-refractivity contribution < 1.29 is 23.0 Å². The lowest BCUT2D eigenvalue weighted by molar-refractivity contribution is -0.137. The van der Waals surface area contributed by atoms with Gasteiger partial charge in [0, 0.05) is 12.7 Å². The number of ether oxygens (including phenoxy) is 1. The van der Waals surface area contributed by atoms with Gasteiger partial charge >= 0.3 is 12.2 Å². The van der Waals surface area contributed by atoms with Gasteiger partial charge < -0.3 is 14.7 Å². The topological polar surface area (TPSA) is 70.8 Å². The molecule has 3 rings (SSSR count). The van der Waals surface area contributed by atoms with Gasteiger partial charge in [0.15, 0.2) is 0 Å². The highest BCUT2D eigenvalue weighted by atomic mass is 19.4. The number of hydrogen-bond acceptors (Lipinski definition) is 6. The van der Waals surface area contributed by atoms with Gasteiger partial charge in [-0.2, -0.15) is 23.1 Å². The summed E-state index contributed by atoms with van der Waals surface area (Å²) in [5.74, 6) is -0.211. The Morgan fingerprint density at radius 1 is 1.12 bits per heavy atom. The maximum Gasteiger partial charge on any atom is 0.418 e. The Kier molecular flexibility index (Phi) is 7.24. The fraction of sp³-hybridized carbons (Fsp3) is 0.240. The quantitative estimate of drug-likeness (QED) is 0.506. The summed E-state index contributed by atoms with van der Waals surface area (Å²) in [6, 6.07) is 10.6. The number of alkyl halides is 3. The molecule has 1 N–H and O–H groups in total. The first kappa shape index (κ1) is 24.8. The summed E-state index contributed by atoms with van der Waals surface area (Å²) in [5, 5.41) is 10.6. The maximum atomic E-state index is 14.0. The molecule has 0 saturated carbocycles. The van der Waals surface area contributed by atoms with E-state index < -0.39 is 11.7 Å². The van der Waals surface area contributed by atoms with Crippen molar-refractivity contribution in [2.75, 3.05) is 11.9 Å². The molecule has 3 aromatic rings. The number of aromatic nitrogens is 2. The van der Waals surface area contributed by atoms with E-state index in [1.807, 2.05) is 26.0 Å². The first-order chi connectivity index (χ1) is 16.0. The van der Waals surface area contributed by atoms with Crippen LogP contribution in [0.25, 0.3) is 12.3 Å². The Morgan fingerprint density at radius 2 is 1.79 bits per heavy atom. The minimum Gasteiger partial charge on any atom is -0.493 e. The van der Waals surface area contributed by atoms with Gasteiger partial charge in [-0.15, -0.1) is 0 Å². The molecule has 2 aromatic carbocycles. The second kappa shape index (κ2) is 9.94. The molecule has 9 heteroatoms. The van der Waals surface area contributed by atoms with E-state index in [2.05, 4.69) is 21.7 Å². The van der Waals surface area contributed by atoms with Crippen molar-refractivity contribution in [1.82, 2.24) is 9.97 Å². The lowest BCUT2D eigenvalue weighted by Crippen LogP contribution is -2.29. The Hall–Kier alpha value is -3.88. The van der Waals surface area contributed by atoms with Gasteiger partial charge in [0.2, 0.25) is 5.88 Å². The van der Waals surface area contributed by atoms with Crippen LogP contribution in [0.4, 0.5) is 24.5 Å². The first-order valence-corrected chi connectivity index (χ1v) is 10.5. The SMILES string of the molecule is C=N/C=c1/nc(Oc2ccc(N(C)c3ccc(C(C)C)cc3)c(C(F)(F)F)c2)nc(O)/c1=C/C. The van der Waals surface area contributed by atoms with E-state index in [1.165, 1.54) is 23.2 Å². The summed E-state index contributed by atoms with van der Waals surface area (Å²) >= 11 is 0. The maximum absolute atomic E-state index is 14.0. The zero-order chi connectivity index (χ0) is 25.0. The van der Waals surface area contributed by atoms with Crippen LogP contribution in [0.15, 0.2) is 47.5 Å². The second-order valence-corrected chi connectivity index (χ2v) is 7.81. The molecule has 0 aliphatic carbocycles. The molecule has 0 amide bonds. The number of rotatable bonds is 6. The van der Waals surface area contributed by atoms with E-state index in [1.54, 1.807) is 32.2 Å². The fourth-order valence-corrected chi connectivity index (χ4v) is 3.39. The van der Waals surface area contributed by atoms with Crippen molar-refractivity contribution in [2.45, 2.75) is 32.9 Å². The lowest BCUT2D eigenvalue weighted by atomic mass is 10.0. The van der Waals surface area contributed by atoms with Crippen LogP contribution in [0.3, 0.4) is 0 Å². The van der Waals surface area contributed by atoms with Crippen LogP contribution in [-0.4, -0.2) is 28.8 Å². The van der Waals surface area contributed by atoms with Crippen LogP contribution in [0.1, 0.15) is 37.8 Å². The van der Waals surface area contributed by atoms with Gasteiger partial charge in [0.1, 0.15) is 5.75 Å². The highest BCUT2D eigenvalue weighted by molar-refractivity contribution is 5.68. The van der Waals surface area contributed by atoms with Crippen LogP contribution in [0, 0.1) is 0 Å². The molecule has 0 aliphatic rings. The van der Waals surface area contributed by atoms with Crippen molar-refractivity contribution in [3.05, 3.63) is 64.2 Å². The van der Waals surface area contributed by atoms with E-state index in [-0.39, 0.29) is 28.7 Å². The van der Waals surface area contributed by atoms with E-state index in [0.717, 1.165) is 11.6 Å². The third-order valence-corrected chi connectivity index (χ3v) is 5.23. The van der Waals surface area contributed by atoms with Gasteiger partial charge in [-0.3, -0.25) is 4.99 Å². The minimum atomic E-state index is -4.64. The van der Waals surface area contributed by atoms with Crippen LogP contribution in [-0.2, 0) is 6.18 Å². The van der Waals surface area contributed by atoms with Crippen LogP contribution in [0.5, 0.6) is 17.6 Å². The highest BCUT2D eigenvalue weighted by Crippen LogP contribution is 2.41. The van der Waals surface area contributed by atoms with Gasteiger partial charge in [-0.1, -0.05) is 32.1 Å². The Morgan fingerprint density at radius 3 is 2.35 bits per heavy atom. The van der Waals surface area contributed by atoms with Gasteiger partial charge in [-0.25, -0.2) is 0 Å². The number of hydrogen-bond donors (Lipinski definition) is 1. The van der Waals surface area contributed by atoms with E-state index in [9.17, 15) is 18.3 Å². The van der Waals surface area contributed by atoms with Gasteiger partial charge in [-0.05, 0) is 55.5 Å². The van der Waals surface area contributed by atoms with E-state index in [0.29, 0.717) is 16.8 Å². The molecule has 6 nitrogen and oxygen atoms in total. The van der Waals surface area contributed by atoms with Crippen molar-refractivity contribution >= 4 is 30.4 Å². The van der Waals surface area contributed by atoms with E-state index in [4.69, 9.17) is 4.74 Å². The number of aromatic hydroxyl groups is 1. The molecule has 0 radical (unpaired) electrons. The average molecular weight is 470 g/mol. The molecule has 0 spiro atoms. The summed E-state index contributed by atoms with van der Waals surface area (Å²) < 4.78 is 47.3. The molecule has 0 unspecified atom stereocenters. The molecule has 34 heavy (non-hydrogen) atoms. The standard InChI is InChI=1S/C25H25F3N4O2/c1-6-19-21(14-29-4)30-24(31-23(19)33)34-18-11-12-22(20(13-18)25(26,27)28)32(5)17-9-7-16(8-10-17)15(2)3/h6-15H,4H2,1-3,5H3,(H,30,31,33)/b19-6+,21-14+. The average Bonchev–Trinajstić information content (AvgIpc) is 2.78. The lowest BCUT2D eigenvalue weighted by Gasteiger charge is -2.24. The van der Waals surface area contributed by atoms with Crippen LogP contribution in [0.2, 0.25) is 0 Å². The number of aliphatic imine (C=N–C) groups is 1. The number of benzene rings is 2. The molecule has 0 atom stereocenters. The molecule has 0 bridgehead atoms. The summed E-state index contributed by atoms with van der Waals surface area (Å²) in [7, 11) is 1.57. The predicted molar refractivity (Wildman–Crippen MR) is 127 cm³/mol. The number of anilines is 2. The number of halogens is 3. The first-order valence-electron chi connectivity index (χ1n) is 10.5. The predicted octanol–water partition coefficient (Wildman–Crippen LogP) is 5.12. The van der Waals surface area contributed by atoms with Crippen molar-refractivity contribution in [3.8, 4) is 17.6 Å². The third-order valence-electron chi connectivity index (χ3n) is 5.23. The Labute approximate surface area is 195 Å². The van der Waals surface area contributed by atoms with Crippen LogP contribution >= 0.6 is 0 Å². The summed E-state index contributed by atoms with van der Waals surface area (Å²) in [5.41, 5.74) is 0.778. The number of nitrogens with zero attached hydrogens (tertiary/aromatic N) is 4. The fourth-order valence-electron chi connectivity index (χ4n) is 3.39. The smallest absolute Gasteiger partial charge is 0.418 e. The monoisotopic (exact) mass is 470 g/mol. The highest BCUT2D eigenvalue weighted by Gasteiger charge is 2.35. The van der Waals surface area contributed by atoms with Gasteiger partial charge in [0.05, 0.1) is 28.0 Å². The van der Waals surface area contributed by atoms with Crippen molar-refractivity contribution in [1.29, 1.82) is 0 Å². The summed E-state index contributed by atoms with van der Waals surface area (Å²) in [4.78, 5) is 13.0. The Bertz CT molecular complexity index is 1300.